The third-order valence-corrected chi connectivity index (χ3v) is 4.56. The van der Waals surface area contributed by atoms with Crippen LogP contribution in [0.1, 0.15) is 23.2 Å². The molecule has 25 heavy (non-hydrogen) atoms. The Labute approximate surface area is 154 Å². The van der Waals surface area contributed by atoms with Gasteiger partial charge in [-0.25, -0.2) is 4.79 Å². The van der Waals surface area contributed by atoms with Gasteiger partial charge in [-0.15, -0.1) is 0 Å². The molecule has 2 rings (SSSR count). The number of nitrogens with one attached hydrogen (secondary N) is 1. The Hall–Kier alpha value is -1.83. The largest absolute Gasteiger partial charge is 0.479 e. The molecule has 9 heteroatoms. The van der Waals surface area contributed by atoms with E-state index in [2.05, 4.69) is 5.32 Å². The lowest BCUT2D eigenvalue weighted by Crippen LogP contribution is -2.48. The number of hydrogen-bond acceptors (Lipinski definition) is 4. The monoisotopic (exact) mass is 388 g/mol. The summed E-state index contributed by atoms with van der Waals surface area (Å²) in [5, 5.41) is 12.1. The van der Waals surface area contributed by atoms with Crippen LogP contribution in [0.25, 0.3) is 0 Å². The summed E-state index contributed by atoms with van der Waals surface area (Å²) in [6.45, 7) is 0.230. The number of ether oxygens (including phenoxy) is 1. The van der Waals surface area contributed by atoms with Gasteiger partial charge in [-0.3, -0.25) is 9.59 Å². The predicted octanol–water partition coefficient (Wildman–Crippen LogP) is 1.81. The lowest BCUT2D eigenvalue weighted by atomic mass is 10.1. The number of benzene rings is 1. The lowest BCUT2D eigenvalue weighted by Gasteiger charge is -2.25. The molecule has 2 amide bonds. The summed E-state index contributed by atoms with van der Waals surface area (Å²) in [7, 11) is 1.25. The number of carboxylic acid groups (broad SMARTS) is 1. The maximum absolute atomic E-state index is 12.7. The molecule has 1 aromatic rings. The van der Waals surface area contributed by atoms with E-state index in [4.69, 9.17) is 33.0 Å². The van der Waals surface area contributed by atoms with Crippen molar-refractivity contribution >= 4 is 41.0 Å². The number of likely N-dealkylation sites (tertiary alicyclic amines) is 1. The normalized spacial score (nSPS) is 18.0. The molecule has 1 heterocycles. The van der Waals surface area contributed by atoms with E-state index in [0.717, 1.165) is 0 Å². The van der Waals surface area contributed by atoms with E-state index in [1.807, 2.05) is 0 Å². The van der Waals surface area contributed by atoms with Crippen LogP contribution in [0.3, 0.4) is 0 Å². The van der Waals surface area contributed by atoms with Crippen LogP contribution in [-0.2, 0) is 14.3 Å². The molecule has 0 aromatic heterocycles. The van der Waals surface area contributed by atoms with Crippen LogP contribution in [-0.4, -0.2) is 60.1 Å². The van der Waals surface area contributed by atoms with Crippen LogP contribution in [0.15, 0.2) is 18.2 Å². The molecule has 1 aliphatic heterocycles. The Bertz CT molecular complexity index is 682. The minimum Gasteiger partial charge on any atom is -0.479 e. The van der Waals surface area contributed by atoms with Crippen LogP contribution in [0, 0.1) is 0 Å². The van der Waals surface area contributed by atoms with Crippen LogP contribution in [0.5, 0.6) is 0 Å². The number of methoxy groups -OCH3 is 1. The Morgan fingerprint density at radius 1 is 1.40 bits per heavy atom. The Kier molecular flexibility index (Phi) is 6.64. The van der Waals surface area contributed by atoms with Crippen LogP contribution < -0.4 is 5.32 Å². The maximum Gasteiger partial charge on any atom is 0.334 e. The highest BCUT2D eigenvalue weighted by molar-refractivity contribution is 6.35. The van der Waals surface area contributed by atoms with Crippen molar-refractivity contribution in [3.63, 3.8) is 0 Å². The van der Waals surface area contributed by atoms with Gasteiger partial charge in [-0.2, -0.15) is 0 Å². The average Bonchev–Trinajstić information content (AvgIpc) is 3.06. The van der Waals surface area contributed by atoms with Crippen molar-refractivity contribution in [1.29, 1.82) is 0 Å². The molecular formula is C16H18Cl2N2O5. The minimum absolute atomic E-state index is 0.179. The molecule has 0 bridgehead atoms. The first-order chi connectivity index (χ1) is 11.8. The van der Waals surface area contributed by atoms with Crippen molar-refractivity contribution < 1.29 is 24.2 Å². The third-order valence-electron chi connectivity index (χ3n) is 4.00. The molecule has 0 spiro atoms. The minimum atomic E-state index is -1.17. The highest BCUT2D eigenvalue weighted by Gasteiger charge is 2.35. The quantitative estimate of drug-likeness (QED) is 0.774. The fraction of sp³-hybridized carbons (Fsp3) is 0.438. The fourth-order valence-electron chi connectivity index (χ4n) is 2.68. The van der Waals surface area contributed by atoms with Gasteiger partial charge in [-0.05, 0) is 31.0 Å². The fourth-order valence-corrected chi connectivity index (χ4v) is 3.05. The van der Waals surface area contributed by atoms with E-state index in [0.29, 0.717) is 24.4 Å². The van der Waals surface area contributed by atoms with Crippen molar-refractivity contribution in [1.82, 2.24) is 10.2 Å². The molecule has 1 fully saturated rings. The number of halogens is 2. The molecular weight excluding hydrogens is 371 g/mol. The zero-order chi connectivity index (χ0) is 18.6. The molecule has 0 aliphatic carbocycles. The van der Waals surface area contributed by atoms with E-state index >= 15 is 0 Å². The first-order valence-electron chi connectivity index (χ1n) is 7.64. The number of aliphatic carboxylic acids is 1. The zero-order valence-electron chi connectivity index (χ0n) is 13.5. The van der Waals surface area contributed by atoms with Gasteiger partial charge in [0.25, 0.3) is 5.91 Å². The van der Waals surface area contributed by atoms with Gasteiger partial charge in [0.05, 0.1) is 17.1 Å². The van der Waals surface area contributed by atoms with E-state index in [9.17, 15) is 14.4 Å². The summed E-state index contributed by atoms with van der Waals surface area (Å²) in [5.41, 5.74) is 0.231. The average molecular weight is 389 g/mol. The number of carbonyl (C=O) groups is 3. The van der Waals surface area contributed by atoms with Crippen molar-refractivity contribution in [2.45, 2.75) is 25.0 Å². The summed E-state index contributed by atoms with van der Waals surface area (Å²) >= 11 is 12.0. The van der Waals surface area contributed by atoms with Crippen molar-refractivity contribution in [3.8, 4) is 0 Å². The van der Waals surface area contributed by atoms with Gasteiger partial charge in [0, 0.05) is 18.7 Å². The number of carbonyl (C=O) groups excluding carboxylic acids is 2. The van der Waals surface area contributed by atoms with Gasteiger partial charge < -0.3 is 20.1 Å². The SMILES string of the molecule is COC(CNC(=O)C1CCCN1C(=O)c1cc(Cl)ccc1Cl)C(=O)O. The number of carboxylic acids is 1. The molecule has 0 radical (unpaired) electrons. The highest BCUT2D eigenvalue weighted by Crippen LogP contribution is 2.26. The summed E-state index contributed by atoms with van der Waals surface area (Å²) in [5.74, 6) is -1.98. The smallest absolute Gasteiger partial charge is 0.334 e. The topological polar surface area (TPSA) is 95.9 Å². The molecule has 2 N–H and O–H groups in total. The first kappa shape index (κ1) is 19.5. The van der Waals surface area contributed by atoms with E-state index in [1.165, 1.54) is 24.1 Å². The van der Waals surface area contributed by atoms with Gasteiger partial charge in [0.1, 0.15) is 6.04 Å². The van der Waals surface area contributed by atoms with Crippen molar-refractivity contribution in [3.05, 3.63) is 33.8 Å². The van der Waals surface area contributed by atoms with Crippen LogP contribution in [0.2, 0.25) is 10.0 Å². The van der Waals surface area contributed by atoms with Gasteiger partial charge in [-0.1, -0.05) is 23.2 Å². The highest BCUT2D eigenvalue weighted by atomic mass is 35.5. The van der Waals surface area contributed by atoms with Crippen LogP contribution in [0.4, 0.5) is 0 Å². The Balaban J connectivity index is 2.08. The molecule has 136 valence electrons. The molecule has 1 saturated heterocycles. The van der Waals surface area contributed by atoms with Gasteiger partial charge in [0.2, 0.25) is 5.91 Å². The van der Waals surface area contributed by atoms with E-state index in [1.54, 1.807) is 6.07 Å². The van der Waals surface area contributed by atoms with Gasteiger partial charge in [0.15, 0.2) is 6.10 Å². The Morgan fingerprint density at radius 3 is 2.76 bits per heavy atom. The lowest BCUT2D eigenvalue weighted by molar-refractivity contribution is -0.148. The van der Waals surface area contributed by atoms with Crippen molar-refractivity contribution in [2.24, 2.45) is 0 Å². The van der Waals surface area contributed by atoms with E-state index < -0.39 is 24.0 Å². The number of amides is 2. The summed E-state index contributed by atoms with van der Waals surface area (Å²) in [4.78, 5) is 37.4. The molecule has 0 saturated carbocycles. The van der Waals surface area contributed by atoms with Crippen LogP contribution >= 0.6 is 23.2 Å². The summed E-state index contributed by atoms with van der Waals surface area (Å²) in [6.07, 6.45) is 0.00616. The molecule has 2 atom stereocenters. The van der Waals surface area contributed by atoms with E-state index in [-0.39, 0.29) is 23.0 Å². The molecule has 2 unspecified atom stereocenters. The third kappa shape index (κ3) is 4.62. The second kappa shape index (κ2) is 8.51. The predicted molar refractivity (Wildman–Crippen MR) is 92.0 cm³/mol. The Morgan fingerprint density at radius 2 is 2.12 bits per heavy atom. The standard InChI is InChI=1S/C16H18Cl2N2O5/c1-25-13(16(23)24)8-19-14(21)12-3-2-6-20(12)15(22)10-7-9(17)4-5-11(10)18/h4-5,7,12-13H,2-3,6,8H2,1H3,(H,19,21)(H,23,24). The maximum atomic E-state index is 12.7. The molecule has 7 nitrogen and oxygen atoms in total. The van der Waals surface area contributed by atoms with Crippen molar-refractivity contribution in [2.75, 3.05) is 20.2 Å². The molecule has 1 aliphatic rings. The number of nitrogens with zero attached hydrogens (tertiary/aromatic N) is 1. The summed E-state index contributed by atoms with van der Waals surface area (Å²) in [6, 6.07) is 3.88. The second-order valence-electron chi connectivity index (χ2n) is 5.59. The number of hydrogen-bond donors (Lipinski definition) is 2. The zero-order valence-corrected chi connectivity index (χ0v) is 15.0. The summed E-state index contributed by atoms with van der Waals surface area (Å²) < 4.78 is 4.77. The number of rotatable bonds is 6. The molecule has 1 aromatic carbocycles. The van der Waals surface area contributed by atoms with Gasteiger partial charge >= 0.3 is 5.97 Å². The first-order valence-corrected chi connectivity index (χ1v) is 8.40. The second-order valence-corrected chi connectivity index (χ2v) is 6.43.